The maximum absolute atomic E-state index is 12.6. The first-order valence-corrected chi connectivity index (χ1v) is 10.3. The summed E-state index contributed by atoms with van der Waals surface area (Å²) < 4.78 is 5.08. The Morgan fingerprint density at radius 2 is 2.07 bits per heavy atom. The first-order valence-electron chi connectivity index (χ1n) is 10.3. The molecule has 29 heavy (non-hydrogen) atoms. The third kappa shape index (κ3) is 6.38. The number of likely N-dealkylation sites (tertiary alicyclic amines) is 1. The van der Waals surface area contributed by atoms with Gasteiger partial charge in [0.15, 0.2) is 17.5 Å². The molecule has 3 rings (SSSR count). The monoisotopic (exact) mass is 516 g/mol. The molecule has 2 fully saturated rings. The Hall–Kier alpha value is -1.71. The molecular weight excluding hydrogens is 483 g/mol. The van der Waals surface area contributed by atoms with Crippen molar-refractivity contribution in [3.05, 3.63) is 23.8 Å². The first-order chi connectivity index (χ1) is 13.6. The summed E-state index contributed by atoms with van der Waals surface area (Å²) in [5, 5.41) is 16.6. The van der Waals surface area contributed by atoms with Crippen LogP contribution < -0.4 is 15.4 Å². The number of ether oxygens (including phenoxy) is 1. The summed E-state index contributed by atoms with van der Waals surface area (Å²) in [6.07, 6.45) is 5.40. The maximum atomic E-state index is 12.6. The number of phenolic OH excluding ortho intramolecular Hbond substituents is 1. The molecule has 162 valence electrons. The van der Waals surface area contributed by atoms with Crippen LogP contribution in [0.25, 0.3) is 0 Å². The molecule has 7 nitrogen and oxygen atoms in total. The highest BCUT2D eigenvalue weighted by Crippen LogP contribution is 2.28. The van der Waals surface area contributed by atoms with Gasteiger partial charge in [0.2, 0.25) is 5.91 Å². The van der Waals surface area contributed by atoms with Gasteiger partial charge in [-0.2, -0.15) is 0 Å². The highest BCUT2D eigenvalue weighted by molar-refractivity contribution is 14.0. The van der Waals surface area contributed by atoms with Crippen LogP contribution >= 0.6 is 24.0 Å². The van der Waals surface area contributed by atoms with E-state index in [1.54, 1.807) is 12.1 Å². The summed E-state index contributed by atoms with van der Waals surface area (Å²) in [4.78, 5) is 19.3. The highest BCUT2D eigenvalue weighted by Gasteiger charge is 2.32. The minimum Gasteiger partial charge on any atom is -0.504 e. The van der Waals surface area contributed by atoms with Crippen LogP contribution in [-0.2, 0) is 11.3 Å². The van der Waals surface area contributed by atoms with E-state index >= 15 is 0 Å². The number of guanidine groups is 1. The molecule has 2 aliphatic rings. The molecule has 8 heteroatoms. The van der Waals surface area contributed by atoms with Crippen molar-refractivity contribution < 1.29 is 14.6 Å². The summed E-state index contributed by atoms with van der Waals surface area (Å²) >= 11 is 0. The van der Waals surface area contributed by atoms with Gasteiger partial charge in [0.25, 0.3) is 0 Å². The summed E-state index contributed by atoms with van der Waals surface area (Å²) in [6, 6.07) is 5.52. The zero-order valence-electron chi connectivity index (χ0n) is 17.3. The zero-order valence-corrected chi connectivity index (χ0v) is 19.6. The van der Waals surface area contributed by atoms with Gasteiger partial charge in [-0.1, -0.05) is 18.9 Å². The van der Waals surface area contributed by atoms with Crippen LogP contribution in [-0.4, -0.2) is 54.7 Å². The van der Waals surface area contributed by atoms with Crippen molar-refractivity contribution >= 4 is 35.8 Å². The summed E-state index contributed by atoms with van der Waals surface area (Å²) in [5.74, 6) is 1.87. The van der Waals surface area contributed by atoms with Crippen molar-refractivity contribution in [1.82, 2.24) is 15.5 Å². The zero-order chi connectivity index (χ0) is 19.9. The summed E-state index contributed by atoms with van der Waals surface area (Å²) in [7, 11) is 1.53. The van der Waals surface area contributed by atoms with E-state index in [2.05, 4.69) is 15.6 Å². The van der Waals surface area contributed by atoms with E-state index < -0.39 is 0 Å². The van der Waals surface area contributed by atoms with Crippen molar-refractivity contribution in [3.8, 4) is 11.5 Å². The van der Waals surface area contributed by atoms with Crippen molar-refractivity contribution in [2.24, 2.45) is 10.9 Å². The Morgan fingerprint density at radius 3 is 2.72 bits per heavy atom. The quantitative estimate of drug-likeness (QED) is 0.308. The van der Waals surface area contributed by atoms with E-state index in [4.69, 9.17) is 4.74 Å². The van der Waals surface area contributed by atoms with Crippen LogP contribution in [0.5, 0.6) is 11.5 Å². The van der Waals surface area contributed by atoms with Crippen LogP contribution in [0.3, 0.4) is 0 Å². The van der Waals surface area contributed by atoms with Gasteiger partial charge in [0, 0.05) is 31.6 Å². The van der Waals surface area contributed by atoms with Crippen LogP contribution in [0.2, 0.25) is 0 Å². The molecule has 0 spiro atoms. The molecule has 1 saturated carbocycles. The van der Waals surface area contributed by atoms with E-state index in [9.17, 15) is 9.90 Å². The second-order valence-corrected chi connectivity index (χ2v) is 7.60. The number of amides is 1. The number of methoxy groups -OCH3 is 1. The summed E-state index contributed by atoms with van der Waals surface area (Å²) in [6.45, 7) is 4.80. The fourth-order valence-corrected chi connectivity index (χ4v) is 4.03. The SMILES string of the molecule is CCNC(=NCc1ccc(OC)c(O)c1)NC1CCN(C(=O)C2CCCC2)C1.I. The lowest BCUT2D eigenvalue weighted by Gasteiger charge is -2.21. The van der Waals surface area contributed by atoms with Crippen LogP contribution in [0.1, 0.15) is 44.6 Å². The molecule has 1 unspecified atom stereocenters. The first kappa shape index (κ1) is 23.6. The third-order valence-corrected chi connectivity index (χ3v) is 5.55. The van der Waals surface area contributed by atoms with E-state index in [0.29, 0.717) is 18.2 Å². The fraction of sp³-hybridized carbons (Fsp3) is 0.619. The molecule has 1 aromatic rings. The number of nitrogens with one attached hydrogen (secondary N) is 2. The molecule has 0 radical (unpaired) electrons. The van der Waals surface area contributed by atoms with E-state index in [1.807, 2.05) is 17.9 Å². The number of carbonyl (C=O) groups is 1. The van der Waals surface area contributed by atoms with E-state index in [0.717, 1.165) is 50.4 Å². The molecule has 1 amide bonds. The Balaban J connectivity index is 0.00000300. The number of nitrogens with zero attached hydrogens (tertiary/aromatic N) is 2. The molecule has 1 saturated heterocycles. The van der Waals surface area contributed by atoms with Gasteiger partial charge < -0.3 is 25.4 Å². The Labute approximate surface area is 190 Å². The van der Waals surface area contributed by atoms with Gasteiger partial charge in [-0.3, -0.25) is 4.79 Å². The van der Waals surface area contributed by atoms with Crippen LogP contribution in [0.15, 0.2) is 23.2 Å². The summed E-state index contributed by atoms with van der Waals surface area (Å²) in [5.41, 5.74) is 0.903. The predicted octanol–water partition coefficient (Wildman–Crippen LogP) is 2.87. The minimum atomic E-state index is 0. The minimum absolute atomic E-state index is 0. The fourth-order valence-electron chi connectivity index (χ4n) is 4.03. The lowest BCUT2D eigenvalue weighted by molar-refractivity contribution is -0.134. The number of phenols is 1. The van der Waals surface area contributed by atoms with E-state index in [-0.39, 0.29) is 41.7 Å². The van der Waals surface area contributed by atoms with Crippen molar-refractivity contribution in [2.75, 3.05) is 26.7 Å². The number of carbonyl (C=O) groups excluding carboxylic acids is 1. The van der Waals surface area contributed by atoms with Crippen molar-refractivity contribution in [1.29, 1.82) is 0 Å². The lowest BCUT2D eigenvalue weighted by atomic mass is 10.1. The van der Waals surface area contributed by atoms with Gasteiger partial charge in [-0.05, 0) is 43.9 Å². The van der Waals surface area contributed by atoms with E-state index in [1.165, 1.54) is 20.0 Å². The number of aliphatic imine (C=N–C) groups is 1. The smallest absolute Gasteiger partial charge is 0.225 e. The number of hydrogen-bond acceptors (Lipinski definition) is 4. The van der Waals surface area contributed by atoms with Crippen LogP contribution in [0.4, 0.5) is 0 Å². The lowest BCUT2D eigenvalue weighted by Crippen LogP contribution is -2.45. The van der Waals surface area contributed by atoms with Gasteiger partial charge >= 0.3 is 0 Å². The molecule has 0 aromatic heterocycles. The Bertz CT molecular complexity index is 707. The number of hydrogen-bond donors (Lipinski definition) is 3. The molecule has 1 aliphatic carbocycles. The molecule has 1 atom stereocenters. The van der Waals surface area contributed by atoms with Gasteiger partial charge in [0.05, 0.1) is 13.7 Å². The Morgan fingerprint density at radius 1 is 1.31 bits per heavy atom. The normalized spacial score (nSPS) is 19.7. The van der Waals surface area contributed by atoms with Crippen molar-refractivity contribution in [2.45, 2.75) is 51.6 Å². The topological polar surface area (TPSA) is 86.2 Å². The van der Waals surface area contributed by atoms with Gasteiger partial charge in [-0.25, -0.2) is 4.99 Å². The molecule has 1 aliphatic heterocycles. The number of rotatable bonds is 6. The van der Waals surface area contributed by atoms with Crippen molar-refractivity contribution in [3.63, 3.8) is 0 Å². The molecule has 1 heterocycles. The molecule has 1 aromatic carbocycles. The molecule has 3 N–H and O–H groups in total. The number of halogens is 1. The largest absolute Gasteiger partial charge is 0.504 e. The van der Waals surface area contributed by atoms with Crippen LogP contribution in [0, 0.1) is 5.92 Å². The maximum Gasteiger partial charge on any atom is 0.225 e. The second kappa shape index (κ2) is 11.5. The molecular formula is C21H33IN4O3. The van der Waals surface area contributed by atoms with Gasteiger partial charge in [0.1, 0.15) is 0 Å². The number of aromatic hydroxyl groups is 1. The second-order valence-electron chi connectivity index (χ2n) is 7.60. The number of benzene rings is 1. The highest BCUT2D eigenvalue weighted by atomic mass is 127. The third-order valence-electron chi connectivity index (χ3n) is 5.55. The molecule has 0 bridgehead atoms. The average Bonchev–Trinajstić information content (AvgIpc) is 3.38. The standard InChI is InChI=1S/C21H32N4O3.HI/c1-3-22-21(23-13-15-8-9-19(28-2)18(26)12-15)24-17-10-11-25(14-17)20(27)16-6-4-5-7-16;/h8-9,12,16-17,26H,3-7,10-11,13-14H2,1-2H3,(H2,22,23,24);1H. The Kier molecular flexibility index (Phi) is 9.32. The average molecular weight is 516 g/mol. The predicted molar refractivity (Wildman–Crippen MR) is 125 cm³/mol. The van der Waals surface area contributed by atoms with Gasteiger partial charge in [-0.15, -0.1) is 24.0 Å².